The van der Waals surface area contributed by atoms with E-state index >= 15 is 0 Å². The molecule has 0 aromatic heterocycles. The molecular weight excluding hydrogens is 322 g/mol. The molecule has 0 aromatic rings. The third-order valence-electron chi connectivity index (χ3n) is 2.24. The van der Waals surface area contributed by atoms with E-state index in [0.29, 0.717) is 0 Å². The maximum atomic E-state index is 10.9. The van der Waals surface area contributed by atoms with Crippen molar-refractivity contribution in [3.8, 4) is 0 Å². The van der Waals surface area contributed by atoms with Crippen molar-refractivity contribution in [2.45, 2.75) is 24.3 Å². The molecule has 3 N–H and O–H groups in total. The lowest BCUT2D eigenvalue weighted by atomic mass is 10.1. The Morgan fingerprint density at radius 2 is 2.28 bits per heavy atom. The summed E-state index contributed by atoms with van der Waals surface area (Å²) in [6.45, 7) is 1.27. The Labute approximate surface area is 117 Å². The van der Waals surface area contributed by atoms with Crippen molar-refractivity contribution in [1.29, 1.82) is 0 Å². The van der Waals surface area contributed by atoms with E-state index in [4.69, 9.17) is 5.11 Å². The van der Waals surface area contributed by atoms with Gasteiger partial charge >= 0.3 is 5.97 Å². The smallest absolute Gasteiger partial charge is 0.327 e. The largest absolute Gasteiger partial charge is 0.480 e. The van der Waals surface area contributed by atoms with Gasteiger partial charge in [-0.2, -0.15) is 0 Å². The highest BCUT2D eigenvalue weighted by atomic mass is 79.9. The molecule has 0 heterocycles. The Bertz CT molecular complexity index is 397. The monoisotopic (exact) mass is 335 g/mol. The van der Waals surface area contributed by atoms with Crippen molar-refractivity contribution >= 4 is 39.6 Å². The van der Waals surface area contributed by atoms with Crippen LogP contribution in [0.1, 0.15) is 6.92 Å². The third-order valence-corrected chi connectivity index (χ3v) is 4.12. The van der Waals surface area contributed by atoms with Gasteiger partial charge < -0.3 is 15.5 Å². The normalized spacial score (nSPS) is 24.3. The van der Waals surface area contributed by atoms with Gasteiger partial charge in [-0.3, -0.25) is 4.79 Å². The number of carbonyl (C=O) groups is 2. The van der Waals surface area contributed by atoms with Crippen LogP contribution in [0.15, 0.2) is 22.7 Å². The molecule has 0 saturated heterocycles. The number of amides is 1. The Morgan fingerprint density at radius 1 is 1.61 bits per heavy atom. The van der Waals surface area contributed by atoms with E-state index in [0.717, 1.165) is 4.48 Å². The molecule has 0 spiro atoms. The number of aliphatic hydroxyl groups excluding tert-OH is 1. The number of allylic oxidation sites excluding steroid dienone is 2. The highest BCUT2D eigenvalue weighted by Gasteiger charge is 2.23. The lowest BCUT2D eigenvalue weighted by Gasteiger charge is -2.22. The number of carbonyl (C=O) groups excluding carboxylic acids is 1. The minimum Gasteiger partial charge on any atom is -0.480 e. The SMILES string of the molecule is CC(=O)NC(CSC1C=CC(Br)=CC1O)C(=O)O. The Balaban J connectivity index is 2.50. The number of hydrogen-bond donors (Lipinski definition) is 3. The van der Waals surface area contributed by atoms with E-state index in [1.807, 2.05) is 0 Å². The standard InChI is InChI=1S/C11H14BrNO4S/c1-6(14)13-8(11(16)17)5-18-10-3-2-7(12)4-9(10)15/h2-4,8-10,15H,5H2,1H3,(H,13,14)(H,16,17). The van der Waals surface area contributed by atoms with Crippen LogP contribution in [0.3, 0.4) is 0 Å². The molecule has 0 radical (unpaired) electrons. The fraction of sp³-hybridized carbons (Fsp3) is 0.455. The summed E-state index contributed by atoms with van der Waals surface area (Å²) in [5.41, 5.74) is 0. The molecule has 1 aliphatic rings. The summed E-state index contributed by atoms with van der Waals surface area (Å²) in [4.78, 5) is 21.8. The number of rotatable bonds is 5. The van der Waals surface area contributed by atoms with Gasteiger partial charge in [0.2, 0.25) is 5.91 Å². The van der Waals surface area contributed by atoms with Crippen LogP contribution >= 0.6 is 27.7 Å². The maximum absolute atomic E-state index is 10.9. The number of carboxylic acid groups (broad SMARTS) is 1. The molecule has 1 amide bonds. The van der Waals surface area contributed by atoms with Crippen LogP contribution in [0.2, 0.25) is 0 Å². The summed E-state index contributed by atoms with van der Waals surface area (Å²) < 4.78 is 0.795. The first kappa shape index (κ1) is 15.3. The van der Waals surface area contributed by atoms with Crippen molar-refractivity contribution in [3.05, 3.63) is 22.7 Å². The zero-order valence-electron chi connectivity index (χ0n) is 9.67. The molecule has 3 unspecified atom stereocenters. The third kappa shape index (κ3) is 4.83. The number of hydrogen-bond acceptors (Lipinski definition) is 4. The number of halogens is 1. The Morgan fingerprint density at radius 3 is 2.78 bits per heavy atom. The molecule has 3 atom stereocenters. The molecule has 7 heteroatoms. The van der Waals surface area contributed by atoms with Gasteiger partial charge in [0.1, 0.15) is 6.04 Å². The van der Waals surface area contributed by atoms with Crippen molar-refractivity contribution in [2.75, 3.05) is 5.75 Å². The Hall–Kier alpha value is -0.790. The zero-order valence-corrected chi connectivity index (χ0v) is 12.1. The first-order valence-electron chi connectivity index (χ1n) is 5.25. The molecule has 18 heavy (non-hydrogen) atoms. The number of carboxylic acids is 1. The summed E-state index contributed by atoms with van der Waals surface area (Å²) in [5, 5.41) is 20.8. The number of aliphatic hydroxyl groups is 1. The number of nitrogens with one attached hydrogen (secondary N) is 1. The molecule has 0 aromatic carbocycles. The van der Waals surface area contributed by atoms with Crippen LogP contribution in [0.4, 0.5) is 0 Å². The summed E-state index contributed by atoms with van der Waals surface area (Å²) in [7, 11) is 0. The van der Waals surface area contributed by atoms with Crippen LogP contribution in [0.5, 0.6) is 0 Å². The second-order valence-corrected chi connectivity index (χ2v) is 5.92. The van der Waals surface area contributed by atoms with E-state index in [-0.39, 0.29) is 16.9 Å². The predicted octanol–water partition coefficient (Wildman–Crippen LogP) is 0.887. The predicted molar refractivity (Wildman–Crippen MR) is 73.6 cm³/mol. The fourth-order valence-electron chi connectivity index (χ4n) is 1.40. The van der Waals surface area contributed by atoms with Gasteiger partial charge in [0, 0.05) is 17.2 Å². The van der Waals surface area contributed by atoms with Crippen LogP contribution in [-0.4, -0.2) is 45.2 Å². The van der Waals surface area contributed by atoms with Crippen LogP contribution in [0, 0.1) is 0 Å². The molecule has 0 fully saturated rings. The zero-order chi connectivity index (χ0) is 13.7. The van der Waals surface area contributed by atoms with Gasteiger partial charge in [-0.25, -0.2) is 4.79 Å². The summed E-state index contributed by atoms with van der Waals surface area (Å²) in [6.07, 6.45) is 4.58. The first-order chi connectivity index (χ1) is 8.40. The molecular formula is C11H14BrNO4S. The highest BCUT2D eigenvalue weighted by Crippen LogP contribution is 2.25. The molecule has 0 bridgehead atoms. The van der Waals surface area contributed by atoms with E-state index in [9.17, 15) is 14.7 Å². The molecule has 100 valence electrons. The van der Waals surface area contributed by atoms with E-state index in [2.05, 4.69) is 21.2 Å². The van der Waals surface area contributed by atoms with Crippen molar-refractivity contribution < 1.29 is 19.8 Å². The van der Waals surface area contributed by atoms with Crippen molar-refractivity contribution in [2.24, 2.45) is 0 Å². The van der Waals surface area contributed by atoms with Gasteiger partial charge in [-0.1, -0.05) is 28.1 Å². The van der Waals surface area contributed by atoms with Crippen molar-refractivity contribution in [1.82, 2.24) is 5.32 Å². The fourth-order valence-corrected chi connectivity index (χ4v) is 2.93. The van der Waals surface area contributed by atoms with Gasteiger partial charge in [0.25, 0.3) is 0 Å². The molecule has 1 rings (SSSR count). The average Bonchev–Trinajstić information content (AvgIpc) is 2.25. The maximum Gasteiger partial charge on any atom is 0.327 e. The lowest BCUT2D eigenvalue weighted by Crippen LogP contribution is -2.42. The average molecular weight is 336 g/mol. The summed E-state index contributed by atoms with van der Waals surface area (Å²) >= 11 is 4.53. The minimum atomic E-state index is -1.08. The van der Waals surface area contributed by atoms with Crippen molar-refractivity contribution in [3.63, 3.8) is 0 Å². The summed E-state index contributed by atoms with van der Waals surface area (Å²) in [5.74, 6) is -1.26. The number of aliphatic carboxylic acids is 1. The van der Waals surface area contributed by atoms with Gasteiger partial charge in [0.15, 0.2) is 0 Å². The molecule has 0 aliphatic heterocycles. The van der Waals surface area contributed by atoms with E-state index < -0.39 is 18.1 Å². The van der Waals surface area contributed by atoms with Crippen LogP contribution < -0.4 is 5.32 Å². The highest BCUT2D eigenvalue weighted by molar-refractivity contribution is 9.11. The van der Waals surface area contributed by atoms with Crippen LogP contribution in [0.25, 0.3) is 0 Å². The lowest BCUT2D eigenvalue weighted by molar-refractivity contribution is -0.140. The van der Waals surface area contributed by atoms with E-state index in [1.54, 1.807) is 18.2 Å². The van der Waals surface area contributed by atoms with Crippen LogP contribution in [-0.2, 0) is 9.59 Å². The topological polar surface area (TPSA) is 86.6 Å². The molecule has 1 aliphatic carbocycles. The minimum absolute atomic E-state index is 0.201. The molecule has 0 saturated carbocycles. The summed E-state index contributed by atoms with van der Waals surface area (Å²) in [6, 6.07) is -0.942. The van der Waals surface area contributed by atoms with Gasteiger partial charge in [-0.05, 0) is 6.08 Å². The van der Waals surface area contributed by atoms with Gasteiger partial charge in [0.05, 0.1) is 11.4 Å². The molecule has 5 nitrogen and oxygen atoms in total. The van der Waals surface area contributed by atoms with E-state index in [1.165, 1.54) is 18.7 Å². The Kier molecular flexibility index (Phi) is 5.90. The number of thioether (sulfide) groups is 1. The first-order valence-corrected chi connectivity index (χ1v) is 7.09. The second-order valence-electron chi connectivity index (χ2n) is 3.79. The quantitative estimate of drug-likeness (QED) is 0.694. The van der Waals surface area contributed by atoms with Gasteiger partial charge in [-0.15, -0.1) is 11.8 Å². The second kappa shape index (κ2) is 6.96.